The third-order valence-electron chi connectivity index (χ3n) is 5.61. The van der Waals surface area contributed by atoms with E-state index in [0.29, 0.717) is 5.39 Å². The molecule has 0 radical (unpaired) electrons. The molecule has 3 aromatic rings. The third-order valence-corrected chi connectivity index (χ3v) is 5.61. The minimum atomic E-state index is -2.95. The summed E-state index contributed by atoms with van der Waals surface area (Å²) >= 11 is 0. The molecule has 11 heteroatoms. The van der Waals surface area contributed by atoms with Crippen LogP contribution in [0.25, 0.3) is 11.0 Å². The number of benzene rings is 1. The lowest BCUT2D eigenvalue weighted by Crippen LogP contribution is -2.60. The minimum Gasteiger partial charge on any atom is -0.365 e. The Balaban J connectivity index is 1.71. The summed E-state index contributed by atoms with van der Waals surface area (Å²) in [5.74, 6) is -1.14. The Morgan fingerprint density at radius 3 is 2.66 bits per heavy atom. The van der Waals surface area contributed by atoms with Crippen LogP contribution in [0, 0.1) is 5.82 Å². The molecule has 7 nitrogen and oxygen atoms in total. The molecule has 0 atom stereocenters. The van der Waals surface area contributed by atoms with Crippen LogP contribution in [0.2, 0.25) is 0 Å². The second kappa shape index (κ2) is 7.88. The Bertz CT molecular complexity index is 1270. The number of halogens is 4. The van der Waals surface area contributed by atoms with Gasteiger partial charge in [-0.05, 0) is 6.07 Å². The van der Waals surface area contributed by atoms with Gasteiger partial charge in [-0.15, -0.1) is 0 Å². The molecule has 1 aromatic carbocycles. The lowest BCUT2D eigenvalue weighted by atomic mass is 9.88. The number of carbonyl (C=O) groups excluding carboxylic acids is 1. The molecule has 32 heavy (non-hydrogen) atoms. The first-order chi connectivity index (χ1) is 15.1. The second-order valence-electron chi connectivity index (χ2n) is 7.70. The van der Waals surface area contributed by atoms with Crippen molar-refractivity contribution in [2.24, 2.45) is 7.05 Å². The number of aryl methyl sites for hydroxylation is 1. The summed E-state index contributed by atoms with van der Waals surface area (Å²) in [5, 5.41) is 3.16. The number of likely N-dealkylation sites (tertiary alicyclic amines) is 1. The van der Waals surface area contributed by atoms with Crippen LogP contribution in [0.1, 0.15) is 30.0 Å². The van der Waals surface area contributed by atoms with Crippen LogP contribution in [-0.4, -0.2) is 38.4 Å². The van der Waals surface area contributed by atoms with Crippen molar-refractivity contribution in [3.63, 3.8) is 0 Å². The quantitative estimate of drug-likeness (QED) is 0.606. The topological polar surface area (TPSA) is 80.1 Å². The average Bonchev–Trinajstić information content (AvgIpc) is 2.72. The highest BCUT2D eigenvalue weighted by Gasteiger charge is 2.48. The van der Waals surface area contributed by atoms with Crippen molar-refractivity contribution in [1.29, 1.82) is 0 Å². The van der Waals surface area contributed by atoms with E-state index < -0.39 is 29.0 Å². The van der Waals surface area contributed by atoms with Gasteiger partial charge in [-0.3, -0.25) is 14.2 Å². The molecule has 0 spiro atoms. The lowest BCUT2D eigenvalue weighted by Gasteiger charge is -2.43. The standard InChI is InChI=1S/C21H19F4N5O2/c1-11(31)30-8-21(25,9-30)15-6-14-18(27-10-28-19(14)29(2)20(15)32)26-7-12-4-3-5-13(16(12)22)17(23)24/h3-6,10,17H,7-9H2,1-2H3,(H,26,27,28). The van der Waals surface area contributed by atoms with Gasteiger partial charge in [0.05, 0.1) is 29.6 Å². The maximum absolute atomic E-state index is 15.4. The van der Waals surface area contributed by atoms with Crippen LogP contribution < -0.4 is 10.9 Å². The molecule has 1 aliphatic rings. The first-order valence-electron chi connectivity index (χ1n) is 9.71. The summed E-state index contributed by atoms with van der Waals surface area (Å²) in [7, 11) is 1.43. The zero-order valence-electron chi connectivity index (χ0n) is 17.2. The lowest BCUT2D eigenvalue weighted by molar-refractivity contribution is -0.143. The van der Waals surface area contributed by atoms with Gasteiger partial charge in [-0.2, -0.15) is 0 Å². The van der Waals surface area contributed by atoms with Crippen molar-refractivity contribution in [3.05, 3.63) is 63.5 Å². The first kappa shape index (κ1) is 21.7. The highest BCUT2D eigenvalue weighted by Crippen LogP contribution is 2.36. The molecule has 1 aliphatic heterocycles. The number of pyridine rings is 1. The van der Waals surface area contributed by atoms with Crippen molar-refractivity contribution in [1.82, 2.24) is 19.4 Å². The molecule has 4 rings (SSSR count). The Labute approximate surface area is 179 Å². The molecule has 0 unspecified atom stereocenters. The highest BCUT2D eigenvalue weighted by molar-refractivity contribution is 5.87. The summed E-state index contributed by atoms with van der Waals surface area (Å²) in [4.78, 5) is 33.6. The van der Waals surface area contributed by atoms with Crippen LogP contribution in [0.4, 0.5) is 23.4 Å². The van der Waals surface area contributed by atoms with Crippen molar-refractivity contribution < 1.29 is 22.4 Å². The fraction of sp³-hybridized carbons (Fsp3) is 0.333. The maximum atomic E-state index is 15.4. The monoisotopic (exact) mass is 449 g/mol. The maximum Gasteiger partial charge on any atom is 0.266 e. The largest absolute Gasteiger partial charge is 0.365 e. The number of nitrogens with zero attached hydrogens (tertiary/aromatic N) is 4. The minimum absolute atomic E-state index is 0.00217. The first-order valence-corrected chi connectivity index (χ1v) is 9.71. The van der Waals surface area contributed by atoms with Gasteiger partial charge < -0.3 is 10.2 Å². The van der Waals surface area contributed by atoms with Gasteiger partial charge in [-0.1, -0.05) is 18.2 Å². The Hall–Kier alpha value is -3.50. The van der Waals surface area contributed by atoms with E-state index >= 15 is 4.39 Å². The predicted octanol–water partition coefficient (Wildman–Crippen LogP) is 3.04. The van der Waals surface area contributed by atoms with E-state index in [4.69, 9.17) is 0 Å². The van der Waals surface area contributed by atoms with Crippen LogP contribution in [0.15, 0.2) is 35.4 Å². The fourth-order valence-electron chi connectivity index (χ4n) is 3.77. The molecule has 1 amide bonds. The van der Waals surface area contributed by atoms with Crippen LogP contribution in [0.3, 0.4) is 0 Å². The normalized spacial score (nSPS) is 15.2. The summed E-state index contributed by atoms with van der Waals surface area (Å²) in [6.07, 6.45) is -1.77. The number of nitrogens with one attached hydrogen (secondary N) is 1. The zero-order valence-corrected chi connectivity index (χ0v) is 17.2. The van der Waals surface area contributed by atoms with E-state index in [1.807, 2.05) is 0 Å². The summed E-state index contributed by atoms with van der Waals surface area (Å²) in [5.41, 5.74) is -3.25. The SMILES string of the molecule is CC(=O)N1CC(F)(c2cc3c(NCc4cccc(C(F)F)c4F)ncnc3n(C)c2=O)C1. The number of amides is 1. The van der Waals surface area contributed by atoms with Crippen molar-refractivity contribution >= 4 is 22.8 Å². The van der Waals surface area contributed by atoms with Gasteiger partial charge >= 0.3 is 0 Å². The van der Waals surface area contributed by atoms with E-state index in [1.54, 1.807) is 0 Å². The van der Waals surface area contributed by atoms with Crippen LogP contribution >= 0.6 is 0 Å². The molecule has 1 N–H and O–H groups in total. The second-order valence-corrected chi connectivity index (χ2v) is 7.70. The molecule has 1 fully saturated rings. The number of hydrogen-bond donors (Lipinski definition) is 1. The van der Waals surface area contributed by atoms with Crippen LogP contribution in [-0.2, 0) is 24.1 Å². The fourth-order valence-corrected chi connectivity index (χ4v) is 3.77. The molecule has 0 aliphatic carbocycles. The molecule has 0 saturated carbocycles. The number of rotatable bonds is 5. The predicted molar refractivity (Wildman–Crippen MR) is 109 cm³/mol. The van der Waals surface area contributed by atoms with Gasteiger partial charge in [0, 0.05) is 26.1 Å². The molecule has 168 valence electrons. The molecular formula is C21H19F4N5O2. The number of fused-ring (bicyclic) bond motifs is 1. The van der Waals surface area contributed by atoms with Gasteiger partial charge in [0.2, 0.25) is 5.91 Å². The number of aromatic nitrogens is 3. The van der Waals surface area contributed by atoms with E-state index in [0.717, 1.165) is 6.07 Å². The van der Waals surface area contributed by atoms with Gasteiger partial charge in [0.25, 0.3) is 12.0 Å². The van der Waals surface area contributed by atoms with E-state index in [9.17, 15) is 22.8 Å². The summed E-state index contributed by atoms with van der Waals surface area (Å²) < 4.78 is 56.8. The van der Waals surface area contributed by atoms with Crippen molar-refractivity contribution in [3.8, 4) is 0 Å². The summed E-state index contributed by atoms with van der Waals surface area (Å²) in [6.45, 7) is 0.655. The smallest absolute Gasteiger partial charge is 0.266 e. The van der Waals surface area contributed by atoms with E-state index in [-0.39, 0.29) is 48.1 Å². The molecule has 2 aromatic heterocycles. The van der Waals surface area contributed by atoms with Gasteiger partial charge in [0.15, 0.2) is 5.67 Å². The molecular weight excluding hydrogens is 430 g/mol. The Morgan fingerprint density at radius 2 is 2.00 bits per heavy atom. The van der Waals surface area contributed by atoms with Gasteiger partial charge in [-0.25, -0.2) is 27.5 Å². The van der Waals surface area contributed by atoms with E-state index in [2.05, 4.69) is 15.3 Å². The zero-order chi connectivity index (χ0) is 23.2. The summed E-state index contributed by atoms with van der Waals surface area (Å²) in [6, 6.07) is 5.02. The molecule has 3 heterocycles. The number of anilines is 1. The number of alkyl halides is 3. The van der Waals surface area contributed by atoms with Crippen molar-refractivity contribution in [2.75, 3.05) is 18.4 Å². The number of carbonyl (C=O) groups is 1. The highest BCUT2D eigenvalue weighted by atomic mass is 19.3. The van der Waals surface area contributed by atoms with E-state index in [1.165, 1.54) is 48.0 Å². The Kier molecular flexibility index (Phi) is 5.35. The number of hydrogen-bond acceptors (Lipinski definition) is 5. The third kappa shape index (κ3) is 3.57. The average molecular weight is 449 g/mol. The molecule has 0 bridgehead atoms. The Morgan fingerprint density at radius 1 is 1.28 bits per heavy atom. The van der Waals surface area contributed by atoms with Gasteiger partial charge in [0.1, 0.15) is 23.6 Å². The van der Waals surface area contributed by atoms with Crippen LogP contribution in [0.5, 0.6) is 0 Å². The molecule has 1 saturated heterocycles. The van der Waals surface area contributed by atoms with Crippen molar-refractivity contribution in [2.45, 2.75) is 25.6 Å².